The third-order valence-corrected chi connectivity index (χ3v) is 2.17. The Morgan fingerprint density at radius 3 is 2.82 bits per heavy atom. The predicted octanol–water partition coefficient (Wildman–Crippen LogP) is 1.35. The van der Waals surface area contributed by atoms with Crippen LogP contribution in [0.25, 0.3) is 0 Å². The molecule has 2 rings (SSSR count). The molecule has 1 amide bonds. The minimum Gasteiger partial charge on any atom is -0.379 e. The van der Waals surface area contributed by atoms with E-state index < -0.39 is 5.91 Å². The van der Waals surface area contributed by atoms with E-state index in [9.17, 15) is 9.18 Å². The molecule has 7 heteroatoms. The van der Waals surface area contributed by atoms with Crippen molar-refractivity contribution in [3.8, 4) is 0 Å². The molecule has 1 aromatic carbocycles. The van der Waals surface area contributed by atoms with E-state index in [4.69, 9.17) is 5.73 Å². The number of carbonyl (C=O) groups is 1. The third-order valence-electron chi connectivity index (χ3n) is 2.17. The molecule has 0 fully saturated rings. The van der Waals surface area contributed by atoms with Gasteiger partial charge in [0.1, 0.15) is 5.82 Å². The zero-order valence-electron chi connectivity index (χ0n) is 8.90. The van der Waals surface area contributed by atoms with Gasteiger partial charge < -0.3 is 11.1 Å². The summed E-state index contributed by atoms with van der Waals surface area (Å²) < 4.78 is 17.2. The van der Waals surface area contributed by atoms with Crippen LogP contribution >= 0.6 is 0 Å². The molecular formula is C10H9FN4O2. The van der Waals surface area contributed by atoms with Gasteiger partial charge in [-0.3, -0.25) is 4.79 Å². The van der Waals surface area contributed by atoms with Crippen LogP contribution in [-0.2, 0) is 0 Å². The molecule has 0 atom stereocenters. The molecule has 0 radical (unpaired) electrons. The number of hydrogen-bond acceptors (Lipinski definition) is 5. The highest BCUT2D eigenvalue weighted by molar-refractivity contribution is 6.05. The van der Waals surface area contributed by atoms with Crippen LogP contribution in [0.3, 0.4) is 0 Å². The summed E-state index contributed by atoms with van der Waals surface area (Å²) in [4.78, 5) is 11.7. The molecule has 0 aliphatic rings. The van der Waals surface area contributed by atoms with Crippen LogP contribution in [0.1, 0.15) is 16.1 Å². The summed E-state index contributed by atoms with van der Waals surface area (Å²) in [6.07, 6.45) is 0. The Kier molecular flexibility index (Phi) is 2.73. The number of carbonyl (C=O) groups excluding carboxylic acids is 1. The number of aromatic nitrogens is 2. The van der Waals surface area contributed by atoms with Crippen LogP contribution in [0, 0.1) is 12.7 Å². The number of nitrogen functional groups attached to an aromatic ring is 1. The monoisotopic (exact) mass is 236 g/mol. The largest absolute Gasteiger partial charge is 0.379 e. The molecule has 0 saturated heterocycles. The van der Waals surface area contributed by atoms with Gasteiger partial charge in [0.15, 0.2) is 0 Å². The number of aryl methyl sites for hydroxylation is 1. The Hall–Kier alpha value is -2.44. The van der Waals surface area contributed by atoms with Crippen molar-refractivity contribution in [2.45, 2.75) is 6.92 Å². The summed E-state index contributed by atoms with van der Waals surface area (Å²) in [6, 6.07) is 4.00. The molecule has 1 heterocycles. The van der Waals surface area contributed by atoms with Crippen LogP contribution in [0.2, 0.25) is 0 Å². The number of halogens is 1. The molecule has 0 spiro atoms. The Morgan fingerprint density at radius 2 is 2.24 bits per heavy atom. The second-order valence-electron chi connectivity index (χ2n) is 3.41. The fourth-order valence-electron chi connectivity index (χ4n) is 1.30. The number of amides is 1. The van der Waals surface area contributed by atoms with Crippen molar-refractivity contribution in [2.24, 2.45) is 0 Å². The van der Waals surface area contributed by atoms with E-state index >= 15 is 0 Å². The first-order chi connectivity index (χ1) is 8.08. The lowest BCUT2D eigenvalue weighted by Gasteiger charge is -2.06. The van der Waals surface area contributed by atoms with Gasteiger partial charge in [-0.2, -0.15) is 0 Å². The minimum absolute atomic E-state index is 0.0951. The minimum atomic E-state index is -0.557. The van der Waals surface area contributed by atoms with E-state index in [0.717, 1.165) is 0 Å². The molecule has 0 bridgehead atoms. The topological polar surface area (TPSA) is 94.0 Å². The molecule has 0 aliphatic carbocycles. The zero-order valence-corrected chi connectivity index (χ0v) is 8.90. The Labute approximate surface area is 95.6 Å². The smallest absolute Gasteiger partial charge is 0.281 e. The highest BCUT2D eigenvalue weighted by Crippen LogP contribution is 2.17. The molecule has 88 valence electrons. The molecule has 1 aromatic heterocycles. The first-order valence-electron chi connectivity index (χ1n) is 4.73. The van der Waals surface area contributed by atoms with Crippen molar-refractivity contribution in [1.29, 1.82) is 0 Å². The highest BCUT2D eigenvalue weighted by Gasteiger charge is 2.16. The second-order valence-corrected chi connectivity index (χ2v) is 3.41. The SMILES string of the molecule is Cc1cc(F)ccc1NC(=O)c1nonc1N. The van der Waals surface area contributed by atoms with Crippen LogP contribution in [0.4, 0.5) is 15.9 Å². The predicted molar refractivity (Wildman–Crippen MR) is 57.8 cm³/mol. The maximum Gasteiger partial charge on any atom is 0.281 e. The van der Waals surface area contributed by atoms with Gasteiger partial charge in [0.2, 0.25) is 11.5 Å². The number of anilines is 2. The third kappa shape index (κ3) is 2.22. The van der Waals surface area contributed by atoms with Crippen molar-refractivity contribution in [3.05, 3.63) is 35.3 Å². The first kappa shape index (κ1) is 11.1. The number of nitrogens with one attached hydrogen (secondary N) is 1. The van der Waals surface area contributed by atoms with Crippen molar-refractivity contribution >= 4 is 17.4 Å². The number of rotatable bonds is 2. The normalized spacial score (nSPS) is 10.2. The molecule has 0 unspecified atom stereocenters. The first-order valence-corrected chi connectivity index (χ1v) is 4.73. The van der Waals surface area contributed by atoms with Crippen LogP contribution in [-0.4, -0.2) is 16.2 Å². The lowest BCUT2D eigenvalue weighted by atomic mass is 10.2. The summed E-state index contributed by atoms with van der Waals surface area (Å²) >= 11 is 0. The van der Waals surface area contributed by atoms with Crippen molar-refractivity contribution in [3.63, 3.8) is 0 Å². The fourth-order valence-corrected chi connectivity index (χ4v) is 1.30. The number of hydrogen-bond donors (Lipinski definition) is 2. The van der Waals surface area contributed by atoms with E-state index in [-0.39, 0.29) is 17.3 Å². The highest BCUT2D eigenvalue weighted by atomic mass is 19.1. The van der Waals surface area contributed by atoms with E-state index in [1.54, 1.807) is 6.92 Å². The summed E-state index contributed by atoms with van der Waals surface area (Å²) in [5, 5.41) is 9.18. The van der Waals surface area contributed by atoms with Gasteiger partial charge >= 0.3 is 0 Å². The van der Waals surface area contributed by atoms with Gasteiger partial charge in [-0.1, -0.05) is 0 Å². The molecular weight excluding hydrogens is 227 g/mol. The zero-order chi connectivity index (χ0) is 12.4. The summed E-state index contributed by atoms with van der Waals surface area (Å²) in [7, 11) is 0. The molecule has 0 saturated carbocycles. The second kappa shape index (κ2) is 4.20. The summed E-state index contributed by atoms with van der Waals surface area (Å²) in [5.41, 5.74) is 6.33. The van der Waals surface area contributed by atoms with Gasteiger partial charge in [0.25, 0.3) is 5.91 Å². The standard InChI is InChI=1S/C10H9FN4O2/c1-5-4-6(11)2-3-7(5)13-10(16)8-9(12)15-17-14-8/h2-4H,1H3,(H2,12,15)(H,13,16). The van der Waals surface area contributed by atoms with Crippen LogP contribution in [0.15, 0.2) is 22.8 Å². The molecule has 2 aromatic rings. The van der Waals surface area contributed by atoms with Crippen LogP contribution in [0.5, 0.6) is 0 Å². The average molecular weight is 236 g/mol. The lowest BCUT2D eigenvalue weighted by Crippen LogP contribution is -2.15. The van der Waals surface area contributed by atoms with Gasteiger partial charge in [0.05, 0.1) is 0 Å². The van der Waals surface area contributed by atoms with E-state index in [0.29, 0.717) is 11.3 Å². The van der Waals surface area contributed by atoms with Crippen molar-refractivity contribution < 1.29 is 13.8 Å². The number of nitrogens with two attached hydrogens (primary N) is 1. The average Bonchev–Trinajstić information content (AvgIpc) is 2.68. The Bertz CT molecular complexity index is 567. The van der Waals surface area contributed by atoms with Gasteiger partial charge in [-0.15, -0.1) is 0 Å². The fraction of sp³-hybridized carbons (Fsp3) is 0.100. The van der Waals surface area contributed by atoms with E-state index in [1.807, 2.05) is 0 Å². The number of nitrogens with zero attached hydrogens (tertiary/aromatic N) is 2. The molecule has 6 nitrogen and oxygen atoms in total. The van der Waals surface area contributed by atoms with E-state index in [2.05, 4.69) is 20.3 Å². The summed E-state index contributed by atoms with van der Waals surface area (Å²) in [6.45, 7) is 1.67. The Balaban J connectivity index is 2.22. The molecule has 0 aliphatic heterocycles. The molecule has 17 heavy (non-hydrogen) atoms. The maximum atomic E-state index is 12.9. The molecule has 3 N–H and O–H groups in total. The maximum absolute atomic E-state index is 12.9. The van der Waals surface area contributed by atoms with Crippen LogP contribution < -0.4 is 11.1 Å². The van der Waals surface area contributed by atoms with Gasteiger partial charge in [-0.05, 0) is 41.0 Å². The lowest BCUT2D eigenvalue weighted by molar-refractivity contribution is 0.101. The summed E-state index contributed by atoms with van der Waals surface area (Å²) in [5.74, 6) is -1.02. The van der Waals surface area contributed by atoms with Crippen molar-refractivity contribution in [2.75, 3.05) is 11.1 Å². The van der Waals surface area contributed by atoms with Crippen molar-refractivity contribution in [1.82, 2.24) is 10.3 Å². The van der Waals surface area contributed by atoms with E-state index in [1.165, 1.54) is 18.2 Å². The quantitative estimate of drug-likeness (QED) is 0.820. The number of benzene rings is 1. The van der Waals surface area contributed by atoms with Gasteiger partial charge in [0, 0.05) is 5.69 Å². The van der Waals surface area contributed by atoms with Gasteiger partial charge in [-0.25, -0.2) is 9.02 Å². The Morgan fingerprint density at radius 1 is 1.47 bits per heavy atom.